The predicted molar refractivity (Wildman–Crippen MR) is 65.4 cm³/mol. The van der Waals surface area contributed by atoms with Crippen molar-refractivity contribution in [1.29, 1.82) is 0 Å². The van der Waals surface area contributed by atoms with Crippen molar-refractivity contribution in [2.75, 3.05) is 14.1 Å². The van der Waals surface area contributed by atoms with Crippen LogP contribution in [0.15, 0.2) is 0 Å². The maximum Gasteiger partial charge on any atom is 0.426 e. The van der Waals surface area contributed by atoms with Crippen LogP contribution in [0.5, 0.6) is 0 Å². The highest BCUT2D eigenvalue weighted by Crippen LogP contribution is 2.05. The van der Waals surface area contributed by atoms with Gasteiger partial charge in [-0.3, -0.25) is 15.0 Å². The van der Waals surface area contributed by atoms with E-state index in [1.807, 2.05) is 0 Å². The molecule has 0 atom stereocenters. The molecular formula is C11H21N3O4. The van der Waals surface area contributed by atoms with Crippen LogP contribution in [0, 0.1) is 0 Å². The molecule has 0 spiro atoms. The second kappa shape index (κ2) is 6.83. The topological polar surface area (TPSA) is 87.7 Å². The number of rotatable bonds is 3. The van der Waals surface area contributed by atoms with Crippen molar-refractivity contribution in [3.05, 3.63) is 0 Å². The van der Waals surface area contributed by atoms with Crippen LogP contribution in [-0.4, -0.2) is 42.5 Å². The quantitative estimate of drug-likeness (QED) is 0.719. The van der Waals surface area contributed by atoms with E-state index in [0.717, 1.165) is 0 Å². The van der Waals surface area contributed by atoms with E-state index in [1.54, 1.807) is 34.9 Å². The molecule has 0 fully saturated rings. The van der Waals surface area contributed by atoms with Crippen molar-refractivity contribution in [2.45, 2.75) is 39.2 Å². The lowest BCUT2D eigenvalue weighted by Crippen LogP contribution is -2.44. The molecule has 0 aliphatic carbocycles. The van der Waals surface area contributed by atoms with E-state index in [-0.39, 0.29) is 18.7 Å². The molecule has 0 aliphatic rings. The van der Waals surface area contributed by atoms with Crippen LogP contribution in [0.3, 0.4) is 0 Å². The minimum absolute atomic E-state index is 0.00676. The van der Waals surface area contributed by atoms with Gasteiger partial charge >= 0.3 is 6.09 Å². The van der Waals surface area contributed by atoms with Crippen LogP contribution in [0.4, 0.5) is 4.79 Å². The molecule has 3 amide bonds. The van der Waals surface area contributed by atoms with Gasteiger partial charge in [0.1, 0.15) is 5.60 Å². The van der Waals surface area contributed by atoms with Gasteiger partial charge in [-0.2, -0.15) is 0 Å². The maximum absolute atomic E-state index is 11.3. The zero-order valence-corrected chi connectivity index (χ0v) is 11.5. The van der Waals surface area contributed by atoms with Crippen molar-refractivity contribution in [1.82, 2.24) is 15.8 Å². The van der Waals surface area contributed by atoms with Crippen molar-refractivity contribution in [3.8, 4) is 0 Å². The van der Waals surface area contributed by atoms with E-state index in [1.165, 1.54) is 4.90 Å². The molecular weight excluding hydrogens is 238 g/mol. The molecule has 18 heavy (non-hydrogen) atoms. The van der Waals surface area contributed by atoms with Crippen LogP contribution in [0.25, 0.3) is 0 Å². The molecule has 7 heteroatoms. The van der Waals surface area contributed by atoms with Gasteiger partial charge in [0.2, 0.25) is 11.8 Å². The summed E-state index contributed by atoms with van der Waals surface area (Å²) in [6, 6.07) is 0. The average Bonchev–Trinajstić information content (AvgIpc) is 2.20. The van der Waals surface area contributed by atoms with Crippen molar-refractivity contribution >= 4 is 17.9 Å². The molecule has 0 aliphatic heterocycles. The fourth-order valence-electron chi connectivity index (χ4n) is 0.931. The molecule has 0 aromatic heterocycles. The highest BCUT2D eigenvalue weighted by atomic mass is 16.6. The molecule has 0 aromatic carbocycles. The van der Waals surface area contributed by atoms with Gasteiger partial charge in [0.25, 0.3) is 0 Å². The summed E-state index contributed by atoms with van der Waals surface area (Å²) >= 11 is 0. The fraction of sp³-hybridized carbons (Fsp3) is 0.727. The summed E-state index contributed by atoms with van der Waals surface area (Å²) in [6.07, 6.45) is -0.642. The predicted octanol–water partition coefficient (Wildman–Crippen LogP) is 0.411. The Bertz CT molecular complexity index is 321. The Labute approximate surface area is 107 Å². The number of nitrogens with zero attached hydrogens (tertiary/aromatic N) is 1. The molecule has 0 unspecified atom stereocenters. The van der Waals surface area contributed by atoms with Crippen LogP contribution < -0.4 is 10.9 Å². The zero-order valence-electron chi connectivity index (χ0n) is 11.5. The van der Waals surface area contributed by atoms with E-state index in [4.69, 9.17) is 4.74 Å². The van der Waals surface area contributed by atoms with Gasteiger partial charge < -0.3 is 9.64 Å². The van der Waals surface area contributed by atoms with Crippen LogP contribution in [-0.2, 0) is 14.3 Å². The van der Waals surface area contributed by atoms with Crippen molar-refractivity contribution < 1.29 is 19.1 Å². The summed E-state index contributed by atoms with van der Waals surface area (Å²) in [5.41, 5.74) is 3.64. The Morgan fingerprint density at radius 1 is 1.06 bits per heavy atom. The monoisotopic (exact) mass is 259 g/mol. The number of hydrogen-bond acceptors (Lipinski definition) is 4. The van der Waals surface area contributed by atoms with E-state index in [2.05, 4.69) is 10.9 Å². The SMILES string of the molecule is CN(C)C(=O)CCC(=O)NNC(=O)OC(C)(C)C. The summed E-state index contributed by atoms with van der Waals surface area (Å²) < 4.78 is 4.91. The van der Waals surface area contributed by atoms with Gasteiger partial charge in [0.05, 0.1) is 0 Å². The smallest absolute Gasteiger partial charge is 0.426 e. The third-order valence-corrected chi connectivity index (χ3v) is 1.77. The molecule has 0 saturated heterocycles. The van der Waals surface area contributed by atoms with Gasteiger partial charge in [-0.15, -0.1) is 0 Å². The first kappa shape index (κ1) is 16.2. The highest BCUT2D eigenvalue weighted by molar-refractivity contribution is 5.84. The Kier molecular flexibility index (Phi) is 6.15. The number of nitrogens with one attached hydrogen (secondary N) is 2. The van der Waals surface area contributed by atoms with Gasteiger partial charge in [0.15, 0.2) is 0 Å². The first-order valence-electron chi connectivity index (χ1n) is 5.60. The first-order valence-corrected chi connectivity index (χ1v) is 5.60. The Morgan fingerprint density at radius 2 is 1.61 bits per heavy atom. The molecule has 2 N–H and O–H groups in total. The second-order valence-corrected chi connectivity index (χ2v) is 4.96. The second-order valence-electron chi connectivity index (χ2n) is 4.96. The summed E-state index contributed by atoms with van der Waals surface area (Å²) in [7, 11) is 3.22. The molecule has 0 rings (SSSR count). The number of carbonyl (C=O) groups is 3. The van der Waals surface area contributed by atoms with Crippen molar-refractivity contribution in [2.24, 2.45) is 0 Å². The molecule has 7 nitrogen and oxygen atoms in total. The molecule has 104 valence electrons. The van der Waals surface area contributed by atoms with Crippen LogP contribution >= 0.6 is 0 Å². The summed E-state index contributed by atoms with van der Waals surface area (Å²) in [5, 5.41) is 0. The maximum atomic E-state index is 11.3. The van der Waals surface area contributed by atoms with Gasteiger partial charge in [-0.25, -0.2) is 10.2 Å². The van der Waals surface area contributed by atoms with Gasteiger partial charge in [-0.05, 0) is 20.8 Å². The lowest BCUT2D eigenvalue weighted by Gasteiger charge is -2.19. The third-order valence-electron chi connectivity index (χ3n) is 1.77. The zero-order chi connectivity index (χ0) is 14.3. The Hall–Kier alpha value is -1.79. The van der Waals surface area contributed by atoms with Gasteiger partial charge in [-0.1, -0.05) is 0 Å². The number of ether oxygens (including phenoxy) is 1. The molecule has 0 radical (unpaired) electrons. The summed E-state index contributed by atoms with van der Waals surface area (Å²) in [4.78, 5) is 35.1. The number of carbonyl (C=O) groups excluding carboxylic acids is 3. The normalized spacial score (nSPS) is 10.5. The first-order chi connectivity index (χ1) is 8.11. The fourth-order valence-corrected chi connectivity index (χ4v) is 0.931. The molecule has 0 heterocycles. The summed E-state index contributed by atoms with van der Waals surface area (Å²) in [5.74, 6) is -0.599. The minimum atomic E-state index is -0.741. The largest absolute Gasteiger partial charge is 0.443 e. The third kappa shape index (κ3) is 8.37. The highest BCUT2D eigenvalue weighted by Gasteiger charge is 2.16. The number of hydrazine groups is 1. The molecule has 0 aromatic rings. The molecule has 0 saturated carbocycles. The van der Waals surface area contributed by atoms with E-state index in [0.29, 0.717) is 0 Å². The van der Waals surface area contributed by atoms with Gasteiger partial charge in [0, 0.05) is 26.9 Å². The minimum Gasteiger partial charge on any atom is -0.443 e. The van der Waals surface area contributed by atoms with Crippen molar-refractivity contribution in [3.63, 3.8) is 0 Å². The number of amides is 3. The Balaban J connectivity index is 3.84. The van der Waals surface area contributed by atoms with Crippen LogP contribution in [0.2, 0.25) is 0 Å². The van der Waals surface area contributed by atoms with E-state index in [9.17, 15) is 14.4 Å². The lowest BCUT2D eigenvalue weighted by molar-refractivity contribution is -0.131. The molecule has 0 bridgehead atoms. The van der Waals surface area contributed by atoms with E-state index < -0.39 is 17.6 Å². The number of hydrogen-bond donors (Lipinski definition) is 2. The average molecular weight is 259 g/mol. The lowest BCUT2D eigenvalue weighted by atomic mass is 10.2. The Morgan fingerprint density at radius 3 is 2.06 bits per heavy atom. The standard InChI is InChI=1S/C11H21N3O4/c1-11(2,3)18-10(17)13-12-8(15)6-7-9(16)14(4)5/h6-7H2,1-5H3,(H,12,15)(H,13,17). The summed E-state index contributed by atoms with van der Waals surface area (Å²) in [6.45, 7) is 5.14. The van der Waals surface area contributed by atoms with E-state index >= 15 is 0 Å². The van der Waals surface area contributed by atoms with Crippen LogP contribution in [0.1, 0.15) is 33.6 Å².